The molecule has 10 nitrogen and oxygen atoms in total. The number of anilines is 1. The van der Waals surface area contributed by atoms with E-state index in [4.69, 9.17) is 17.0 Å². The number of benzene rings is 1. The fraction of sp³-hybridized carbons (Fsp3) is 0.444. The molecule has 1 unspecified atom stereocenters. The fourth-order valence-electron chi connectivity index (χ4n) is 4.23. The summed E-state index contributed by atoms with van der Waals surface area (Å²) in [5, 5.41) is 23.3. The number of nitriles is 1. The normalized spacial score (nSPS) is 17.8. The average molecular weight is 537 g/mol. The maximum atomic E-state index is 12.4. The predicted octanol–water partition coefficient (Wildman–Crippen LogP) is 3.85. The van der Waals surface area contributed by atoms with Gasteiger partial charge in [-0.2, -0.15) is 5.26 Å². The van der Waals surface area contributed by atoms with Gasteiger partial charge in [0.05, 0.1) is 18.7 Å². The van der Waals surface area contributed by atoms with Gasteiger partial charge in [0.15, 0.2) is 0 Å². The summed E-state index contributed by atoms with van der Waals surface area (Å²) in [6.45, 7) is 15.4. The summed E-state index contributed by atoms with van der Waals surface area (Å²) in [6.07, 6.45) is 0.0852. The minimum absolute atomic E-state index is 0.0396. The number of rotatable bonds is 8. The molecule has 0 saturated carbocycles. The second-order valence-corrected chi connectivity index (χ2v) is 11.2. The van der Waals surface area contributed by atoms with Gasteiger partial charge in [0.1, 0.15) is 33.4 Å². The molecule has 2 heterocycles. The van der Waals surface area contributed by atoms with E-state index >= 15 is 0 Å². The van der Waals surface area contributed by atoms with Crippen molar-refractivity contribution in [2.75, 3.05) is 24.5 Å². The Labute approximate surface area is 227 Å². The van der Waals surface area contributed by atoms with Crippen LogP contribution in [0.25, 0.3) is 4.85 Å². The highest BCUT2D eigenvalue weighted by atomic mass is 32.2. The Bertz CT molecular complexity index is 1280. The number of β-amino-alcohol motifs (C(OH)–C–C–N with tert-alkyl or cyclic N) is 1. The molecule has 1 aromatic heterocycles. The first-order valence-corrected chi connectivity index (χ1v) is 13.1. The van der Waals surface area contributed by atoms with E-state index in [2.05, 4.69) is 21.2 Å². The Balaban J connectivity index is 1.95. The van der Waals surface area contributed by atoms with E-state index in [0.717, 1.165) is 11.8 Å². The molecule has 0 spiro atoms. The Kier molecular flexibility index (Phi) is 8.87. The molecule has 3 rings (SSSR count). The average Bonchev–Trinajstić information content (AvgIpc) is 3.26. The lowest BCUT2D eigenvalue weighted by Crippen LogP contribution is -2.46. The number of ether oxygens (including phenoxy) is 1. The van der Waals surface area contributed by atoms with Crippen LogP contribution in [0.3, 0.4) is 0 Å². The summed E-state index contributed by atoms with van der Waals surface area (Å²) in [5.74, 6) is -0.257. The number of alkyl carbamates (subject to hydrolysis) is 1. The third-order valence-electron chi connectivity index (χ3n) is 5.98. The van der Waals surface area contributed by atoms with Gasteiger partial charge in [0.25, 0.3) is 0 Å². The first-order chi connectivity index (χ1) is 17.9. The summed E-state index contributed by atoms with van der Waals surface area (Å²) in [5.41, 5.74) is 5.44. The lowest BCUT2D eigenvalue weighted by atomic mass is 10.0. The molecular formula is C27H32N6O4S. The zero-order valence-corrected chi connectivity index (χ0v) is 22.8. The van der Waals surface area contributed by atoms with Crippen LogP contribution >= 0.6 is 11.8 Å². The van der Waals surface area contributed by atoms with Gasteiger partial charge in [-0.3, -0.25) is 4.79 Å². The van der Waals surface area contributed by atoms with E-state index in [1.807, 2.05) is 13.0 Å². The lowest BCUT2D eigenvalue weighted by Gasteiger charge is -2.27. The summed E-state index contributed by atoms with van der Waals surface area (Å²) >= 11 is 1.07. The standard InChI is InChI=1S/C27H32N6O4S/c1-6-18-19(14-28)24(38-21(22(29)34)17-10-8-7-9-11-17)32-23(20(18)30-5)33-13-12-27(36,16-33)15-31-25(35)37-26(2,3)4/h7-11,21,36H,6,12-13,15-16H2,1-4H3,(H2,29,34)(H,31,35)/t21?,27-/m0/s1. The van der Waals surface area contributed by atoms with E-state index in [1.54, 1.807) is 49.9 Å². The number of amides is 2. The van der Waals surface area contributed by atoms with E-state index in [-0.39, 0.29) is 24.3 Å². The van der Waals surface area contributed by atoms with Crippen molar-refractivity contribution < 1.29 is 19.4 Å². The number of pyridine rings is 1. The monoisotopic (exact) mass is 536 g/mol. The van der Waals surface area contributed by atoms with Gasteiger partial charge in [-0.25, -0.2) is 14.6 Å². The molecule has 38 heavy (non-hydrogen) atoms. The molecular weight excluding hydrogens is 504 g/mol. The van der Waals surface area contributed by atoms with Crippen LogP contribution in [-0.4, -0.2) is 52.9 Å². The molecule has 200 valence electrons. The lowest BCUT2D eigenvalue weighted by molar-refractivity contribution is -0.117. The zero-order valence-electron chi connectivity index (χ0n) is 21.9. The van der Waals surface area contributed by atoms with E-state index < -0.39 is 28.5 Å². The van der Waals surface area contributed by atoms with E-state index in [1.165, 1.54) is 0 Å². The molecule has 2 amide bonds. The van der Waals surface area contributed by atoms with Gasteiger partial charge >= 0.3 is 6.09 Å². The van der Waals surface area contributed by atoms with Crippen molar-refractivity contribution in [3.63, 3.8) is 0 Å². The summed E-state index contributed by atoms with van der Waals surface area (Å²) in [7, 11) is 0. The largest absolute Gasteiger partial charge is 0.444 e. The van der Waals surface area contributed by atoms with Crippen LogP contribution in [0.1, 0.15) is 56.1 Å². The fourth-order valence-corrected chi connectivity index (χ4v) is 5.29. The topological polar surface area (TPSA) is 146 Å². The van der Waals surface area contributed by atoms with Crippen molar-refractivity contribution in [2.24, 2.45) is 5.73 Å². The van der Waals surface area contributed by atoms with Gasteiger partial charge in [-0.1, -0.05) is 49.0 Å². The molecule has 2 aromatic rings. The maximum Gasteiger partial charge on any atom is 0.407 e. The number of nitrogens with two attached hydrogens (primary N) is 1. The minimum Gasteiger partial charge on any atom is -0.444 e. The first-order valence-electron chi connectivity index (χ1n) is 12.2. The van der Waals surface area contributed by atoms with Crippen molar-refractivity contribution in [1.82, 2.24) is 10.3 Å². The second kappa shape index (κ2) is 11.7. The molecule has 4 N–H and O–H groups in total. The third-order valence-corrected chi connectivity index (χ3v) is 7.24. The van der Waals surface area contributed by atoms with Gasteiger partial charge in [-0.05, 0) is 44.7 Å². The molecule has 11 heteroatoms. The van der Waals surface area contributed by atoms with Gasteiger partial charge in [0, 0.05) is 13.1 Å². The number of aliphatic hydroxyl groups is 1. The minimum atomic E-state index is -1.27. The Morgan fingerprint density at radius 3 is 2.63 bits per heavy atom. The number of hydrogen-bond donors (Lipinski definition) is 3. The molecule has 1 fully saturated rings. The predicted molar refractivity (Wildman–Crippen MR) is 145 cm³/mol. The Hall–Kier alpha value is -3.80. The smallest absolute Gasteiger partial charge is 0.407 e. The number of primary amides is 1. The summed E-state index contributed by atoms with van der Waals surface area (Å²) in [4.78, 5) is 34.6. The highest BCUT2D eigenvalue weighted by molar-refractivity contribution is 8.00. The molecule has 2 atom stereocenters. The summed E-state index contributed by atoms with van der Waals surface area (Å²) in [6, 6.07) is 11.1. The molecule has 1 aliphatic rings. The Morgan fingerprint density at radius 1 is 1.39 bits per heavy atom. The number of thioether (sulfide) groups is 1. The molecule has 1 aliphatic heterocycles. The number of hydrogen-bond acceptors (Lipinski definition) is 8. The molecule has 1 saturated heterocycles. The zero-order chi connectivity index (χ0) is 28.1. The number of aromatic nitrogens is 1. The first kappa shape index (κ1) is 28.8. The van der Waals surface area contributed by atoms with E-state index in [9.17, 15) is 20.0 Å². The van der Waals surface area contributed by atoms with Crippen LogP contribution in [0.5, 0.6) is 0 Å². The van der Waals surface area contributed by atoms with Crippen LogP contribution in [-0.2, 0) is 16.0 Å². The van der Waals surface area contributed by atoms with E-state index in [0.29, 0.717) is 41.4 Å². The SMILES string of the molecule is [C-]#[N+]c1c(N2CC[C@](O)(CNC(=O)OC(C)(C)C)C2)nc(SC(C(N)=O)c2ccccc2)c(C#N)c1CC. The van der Waals surface area contributed by atoms with Crippen molar-refractivity contribution in [2.45, 2.75) is 62.0 Å². The highest BCUT2D eigenvalue weighted by Gasteiger charge is 2.39. The van der Waals surface area contributed by atoms with Crippen LogP contribution in [0.4, 0.5) is 16.3 Å². The number of carbonyl (C=O) groups is 2. The van der Waals surface area contributed by atoms with Crippen LogP contribution < -0.4 is 16.0 Å². The van der Waals surface area contributed by atoms with Crippen LogP contribution in [0.2, 0.25) is 0 Å². The molecule has 0 bridgehead atoms. The number of carbonyl (C=O) groups excluding carboxylic acids is 2. The van der Waals surface area contributed by atoms with Crippen molar-refractivity contribution in [1.29, 1.82) is 5.26 Å². The van der Waals surface area contributed by atoms with Gasteiger partial charge in [0.2, 0.25) is 11.6 Å². The number of nitrogens with one attached hydrogen (secondary N) is 1. The van der Waals surface area contributed by atoms with Crippen molar-refractivity contribution in [3.8, 4) is 6.07 Å². The third kappa shape index (κ3) is 6.74. The molecule has 0 aliphatic carbocycles. The Morgan fingerprint density at radius 2 is 2.08 bits per heavy atom. The number of nitrogens with zero attached hydrogens (tertiary/aromatic N) is 4. The highest BCUT2D eigenvalue weighted by Crippen LogP contribution is 2.43. The van der Waals surface area contributed by atoms with Crippen LogP contribution in [0, 0.1) is 17.9 Å². The van der Waals surface area contributed by atoms with Gasteiger partial charge < -0.3 is 25.8 Å². The molecule has 0 radical (unpaired) electrons. The van der Waals surface area contributed by atoms with Gasteiger partial charge in [-0.15, -0.1) is 0 Å². The second-order valence-electron chi connectivity index (χ2n) is 10.1. The molecule has 1 aromatic carbocycles. The summed E-state index contributed by atoms with van der Waals surface area (Å²) < 4.78 is 5.26. The quantitative estimate of drug-likeness (QED) is 0.341. The van der Waals surface area contributed by atoms with Crippen molar-refractivity contribution in [3.05, 3.63) is 58.4 Å². The van der Waals surface area contributed by atoms with Crippen molar-refractivity contribution >= 4 is 35.3 Å². The maximum absolute atomic E-state index is 12.4. The van der Waals surface area contributed by atoms with Crippen LogP contribution in [0.15, 0.2) is 35.4 Å².